The van der Waals surface area contributed by atoms with Crippen molar-refractivity contribution in [1.29, 1.82) is 0 Å². The van der Waals surface area contributed by atoms with Gasteiger partial charge in [-0.2, -0.15) is 5.10 Å². The lowest BCUT2D eigenvalue weighted by Gasteiger charge is -2.13. The number of nitrogens with one attached hydrogen (secondary N) is 2. The molecule has 8 nitrogen and oxygen atoms in total. The molecule has 0 amide bonds. The number of ether oxygens (including phenoxy) is 1. The van der Waals surface area contributed by atoms with E-state index in [1.807, 2.05) is 35.0 Å². The van der Waals surface area contributed by atoms with Crippen LogP contribution in [0, 0.1) is 0 Å². The summed E-state index contributed by atoms with van der Waals surface area (Å²) >= 11 is 0. The molecule has 2 N–H and O–H groups in total. The molecule has 1 saturated heterocycles. The van der Waals surface area contributed by atoms with Crippen molar-refractivity contribution in [3.63, 3.8) is 0 Å². The van der Waals surface area contributed by atoms with Crippen LogP contribution in [0.2, 0.25) is 0 Å². The van der Waals surface area contributed by atoms with Gasteiger partial charge in [-0.3, -0.25) is 5.10 Å². The summed E-state index contributed by atoms with van der Waals surface area (Å²) in [5.74, 6) is 1.31. The van der Waals surface area contributed by atoms with Crippen LogP contribution in [0.1, 0.15) is 6.42 Å². The standard InChI is InChI=1S/C19H23N5O3S/c1-27-16-4-2-14(3-5-16)19-17(10-22-23-19)18-11-20-13-24(18)8-7-21-15-6-9-28(25,26)12-15/h2-5,10-11,13,15,21H,6-9,12H2,1H3,(H,22,23)/t15-/m0/s1. The monoisotopic (exact) mass is 401 g/mol. The van der Waals surface area contributed by atoms with Crippen molar-refractivity contribution in [3.8, 4) is 28.3 Å². The summed E-state index contributed by atoms with van der Waals surface area (Å²) in [6, 6.07) is 7.84. The molecule has 0 aliphatic carbocycles. The first-order valence-corrected chi connectivity index (χ1v) is 11.0. The third kappa shape index (κ3) is 3.95. The Kier molecular flexibility index (Phi) is 5.19. The summed E-state index contributed by atoms with van der Waals surface area (Å²) in [5.41, 5.74) is 3.85. The van der Waals surface area contributed by atoms with Gasteiger partial charge in [0.15, 0.2) is 9.84 Å². The number of sulfone groups is 1. The number of benzene rings is 1. The molecule has 9 heteroatoms. The number of hydrogen-bond acceptors (Lipinski definition) is 6. The van der Waals surface area contributed by atoms with E-state index in [9.17, 15) is 8.42 Å². The van der Waals surface area contributed by atoms with E-state index in [0.717, 1.165) is 28.3 Å². The molecule has 0 bridgehead atoms. The van der Waals surface area contributed by atoms with Gasteiger partial charge in [0.05, 0.1) is 48.7 Å². The Labute approximate surface area is 163 Å². The normalized spacial score (nSPS) is 18.4. The zero-order valence-corrected chi connectivity index (χ0v) is 16.4. The molecule has 3 aromatic rings. The average molecular weight is 401 g/mol. The Morgan fingerprint density at radius 1 is 1.29 bits per heavy atom. The van der Waals surface area contributed by atoms with Gasteiger partial charge in [-0.05, 0) is 30.7 Å². The number of hydrogen-bond donors (Lipinski definition) is 2. The van der Waals surface area contributed by atoms with Crippen molar-refractivity contribution in [2.75, 3.05) is 25.2 Å². The quantitative estimate of drug-likeness (QED) is 0.625. The highest BCUT2D eigenvalue weighted by Crippen LogP contribution is 2.30. The molecule has 4 rings (SSSR count). The smallest absolute Gasteiger partial charge is 0.151 e. The van der Waals surface area contributed by atoms with E-state index in [4.69, 9.17) is 4.74 Å². The fraction of sp³-hybridized carbons (Fsp3) is 0.368. The first kappa shape index (κ1) is 18.7. The molecular weight excluding hydrogens is 378 g/mol. The summed E-state index contributed by atoms with van der Waals surface area (Å²) in [4.78, 5) is 4.29. The van der Waals surface area contributed by atoms with Crippen LogP contribution in [0.3, 0.4) is 0 Å². The maximum Gasteiger partial charge on any atom is 0.151 e. The van der Waals surface area contributed by atoms with Gasteiger partial charge < -0.3 is 14.6 Å². The van der Waals surface area contributed by atoms with Crippen molar-refractivity contribution in [2.24, 2.45) is 0 Å². The van der Waals surface area contributed by atoms with E-state index in [1.165, 1.54) is 0 Å². The van der Waals surface area contributed by atoms with E-state index < -0.39 is 9.84 Å². The molecule has 0 radical (unpaired) electrons. The minimum absolute atomic E-state index is 0.0424. The Morgan fingerprint density at radius 3 is 2.82 bits per heavy atom. The average Bonchev–Trinajstić information content (AvgIpc) is 3.41. The highest BCUT2D eigenvalue weighted by atomic mass is 32.2. The molecule has 0 unspecified atom stereocenters. The molecule has 1 atom stereocenters. The predicted octanol–water partition coefficient (Wildman–Crippen LogP) is 1.73. The molecule has 0 spiro atoms. The van der Waals surface area contributed by atoms with Crippen LogP contribution >= 0.6 is 0 Å². The fourth-order valence-electron chi connectivity index (χ4n) is 3.53. The molecule has 28 heavy (non-hydrogen) atoms. The van der Waals surface area contributed by atoms with Crippen molar-refractivity contribution in [1.82, 2.24) is 25.1 Å². The van der Waals surface area contributed by atoms with Crippen LogP contribution in [-0.4, -0.2) is 59.4 Å². The van der Waals surface area contributed by atoms with Crippen molar-refractivity contribution in [2.45, 2.75) is 19.0 Å². The number of imidazole rings is 1. The minimum atomic E-state index is -2.87. The number of aromatic nitrogens is 4. The van der Waals surface area contributed by atoms with E-state index in [1.54, 1.807) is 19.6 Å². The van der Waals surface area contributed by atoms with E-state index in [2.05, 4.69) is 20.5 Å². The van der Waals surface area contributed by atoms with Gasteiger partial charge in [-0.25, -0.2) is 13.4 Å². The predicted molar refractivity (Wildman–Crippen MR) is 107 cm³/mol. The van der Waals surface area contributed by atoms with E-state index in [-0.39, 0.29) is 17.5 Å². The molecule has 1 aliphatic rings. The van der Waals surface area contributed by atoms with Crippen LogP contribution in [0.5, 0.6) is 5.75 Å². The summed E-state index contributed by atoms with van der Waals surface area (Å²) in [6.45, 7) is 1.37. The first-order valence-electron chi connectivity index (χ1n) is 9.18. The second-order valence-electron chi connectivity index (χ2n) is 6.91. The molecule has 1 aliphatic heterocycles. The molecule has 1 aromatic carbocycles. The zero-order chi connectivity index (χ0) is 19.6. The van der Waals surface area contributed by atoms with Gasteiger partial charge >= 0.3 is 0 Å². The molecule has 1 fully saturated rings. The maximum absolute atomic E-state index is 11.6. The van der Waals surface area contributed by atoms with Crippen LogP contribution in [0.25, 0.3) is 22.5 Å². The SMILES string of the molecule is COc1ccc(-c2[nH]ncc2-c2cncn2CCN[C@H]2CCS(=O)(=O)C2)cc1. The van der Waals surface area contributed by atoms with Gasteiger partial charge in [0.2, 0.25) is 0 Å². The second-order valence-corrected chi connectivity index (χ2v) is 9.14. The Balaban J connectivity index is 1.48. The number of rotatable bonds is 7. The van der Waals surface area contributed by atoms with Gasteiger partial charge in [0.25, 0.3) is 0 Å². The fourth-order valence-corrected chi connectivity index (χ4v) is 5.23. The maximum atomic E-state index is 11.6. The minimum Gasteiger partial charge on any atom is -0.497 e. The molecule has 3 heterocycles. The summed E-state index contributed by atoms with van der Waals surface area (Å²) in [7, 11) is -1.22. The van der Waals surface area contributed by atoms with Crippen molar-refractivity contribution < 1.29 is 13.2 Å². The van der Waals surface area contributed by atoms with Gasteiger partial charge in [-0.1, -0.05) is 0 Å². The van der Waals surface area contributed by atoms with Crippen LogP contribution in [0.15, 0.2) is 43.0 Å². The summed E-state index contributed by atoms with van der Waals surface area (Å²) < 4.78 is 30.4. The van der Waals surface area contributed by atoms with Crippen LogP contribution in [-0.2, 0) is 16.4 Å². The zero-order valence-electron chi connectivity index (χ0n) is 15.6. The summed E-state index contributed by atoms with van der Waals surface area (Å²) in [6.07, 6.45) is 6.08. The number of methoxy groups -OCH3 is 1. The third-order valence-electron chi connectivity index (χ3n) is 5.02. The largest absolute Gasteiger partial charge is 0.497 e. The number of nitrogens with zero attached hydrogens (tertiary/aromatic N) is 3. The Morgan fingerprint density at radius 2 is 2.11 bits per heavy atom. The number of aromatic amines is 1. The van der Waals surface area contributed by atoms with Crippen molar-refractivity contribution >= 4 is 9.84 Å². The highest BCUT2D eigenvalue weighted by molar-refractivity contribution is 7.91. The first-order chi connectivity index (χ1) is 13.6. The van der Waals surface area contributed by atoms with E-state index >= 15 is 0 Å². The second kappa shape index (κ2) is 7.76. The lowest BCUT2D eigenvalue weighted by molar-refractivity contribution is 0.415. The Hall–Kier alpha value is -2.65. The molecule has 2 aromatic heterocycles. The molecule has 148 valence electrons. The summed E-state index contributed by atoms with van der Waals surface area (Å²) in [5, 5.41) is 10.6. The lowest BCUT2D eigenvalue weighted by Crippen LogP contribution is -2.32. The highest BCUT2D eigenvalue weighted by Gasteiger charge is 2.27. The van der Waals surface area contributed by atoms with Crippen LogP contribution in [0.4, 0.5) is 0 Å². The van der Waals surface area contributed by atoms with E-state index in [0.29, 0.717) is 19.5 Å². The van der Waals surface area contributed by atoms with Gasteiger partial charge in [0, 0.05) is 30.3 Å². The van der Waals surface area contributed by atoms with Gasteiger partial charge in [0.1, 0.15) is 5.75 Å². The Bertz CT molecular complexity index is 1040. The molecule has 0 saturated carbocycles. The molecular formula is C19H23N5O3S. The van der Waals surface area contributed by atoms with Gasteiger partial charge in [-0.15, -0.1) is 0 Å². The third-order valence-corrected chi connectivity index (χ3v) is 6.79. The van der Waals surface area contributed by atoms with Crippen LogP contribution < -0.4 is 10.1 Å². The topological polar surface area (TPSA) is 102 Å². The van der Waals surface area contributed by atoms with Crippen molar-refractivity contribution in [3.05, 3.63) is 43.0 Å². The lowest BCUT2D eigenvalue weighted by atomic mass is 10.1. The number of H-pyrrole nitrogens is 1.